The molecule has 27 heavy (non-hydrogen) atoms. The largest absolute Gasteiger partial charge is 0.497 e. The number of sulfone groups is 1. The molecule has 0 aliphatic carbocycles. The van der Waals surface area contributed by atoms with E-state index in [1.165, 1.54) is 44.6 Å². The maximum absolute atomic E-state index is 13.5. The summed E-state index contributed by atoms with van der Waals surface area (Å²) in [5, 5.41) is -0.875. The van der Waals surface area contributed by atoms with Crippen molar-refractivity contribution in [3.8, 4) is 11.5 Å². The fourth-order valence-electron chi connectivity index (χ4n) is 2.74. The van der Waals surface area contributed by atoms with Gasteiger partial charge in [0.1, 0.15) is 22.2 Å². The molecular weight excluding hydrogens is 397 g/mol. The number of halogens is 1. The summed E-state index contributed by atoms with van der Waals surface area (Å²) >= 11 is 0. The zero-order chi connectivity index (χ0) is 19.8. The van der Waals surface area contributed by atoms with Gasteiger partial charge in [-0.1, -0.05) is 0 Å². The molecule has 0 unspecified atom stereocenters. The van der Waals surface area contributed by atoms with Gasteiger partial charge in [-0.25, -0.2) is 21.2 Å². The molecule has 10 heteroatoms. The Kier molecular flexibility index (Phi) is 5.15. The zero-order valence-electron chi connectivity index (χ0n) is 14.6. The molecule has 7 nitrogen and oxygen atoms in total. The van der Waals surface area contributed by atoms with Gasteiger partial charge in [0.25, 0.3) is 0 Å². The van der Waals surface area contributed by atoms with Gasteiger partial charge < -0.3 is 9.47 Å². The number of sulfonamides is 1. The van der Waals surface area contributed by atoms with Crippen LogP contribution in [0, 0.1) is 5.82 Å². The molecule has 2 aromatic carbocycles. The molecule has 0 bridgehead atoms. The van der Waals surface area contributed by atoms with Crippen molar-refractivity contribution < 1.29 is 30.7 Å². The molecule has 3 rings (SSSR count). The van der Waals surface area contributed by atoms with Crippen LogP contribution in [-0.4, -0.2) is 53.7 Å². The first kappa shape index (κ1) is 19.6. The van der Waals surface area contributed by atoms with Crippen LogP contribution in [0.4, 0.5) is 4.39 Å². The minimum Gasteiger partial charge on any atom is -0.497 e. The second-order valence-corrected chi connectivity index (χ2v) is 10.1. The lowest BCUT2D eigenvalue weighted by Crippen LogP contribution is -2.56. The van der Waals surface area contributed by atoms with Crippen LogP contribution in [0.25, 0.3) is 0 Å². The maximum atomic E-state index is 13.5. The Morgan fingerprint density at radius 2 is 1.59 bits per heavy atom. The van der Waals surface area contributed by atoms with E-state index in [9.17, 15) is 21.2 Å². The van der Waals surface area contributed by atoms with Gasteiger partial charge in [0.2, 0.25) is 10.0 Å². The molecule has 1 aliphatic rings. The average molecular weight is 415 g/mol. The van der Waals surface area contributed by atoms with Gasteiger partial charge in [-0.15, -0.1) is 0 Å². The average Bonchev–Trinajstić information content (AvgIpc) is 2.60. The summed E-state index contributed by atoms with van der Waals surface area (Å²) in [5.41, 5.74) is 0. The summed E-state index contributed by atoms with van der Waals surface area (Å²) in [6, 6.07) is 9.05. The number of hydrogen-bond donors (Lipinski definition) is 0. The van der Waals surface area contributed by atoms with Gasteiger partial charge in [-0.05, 0) is 42.5 Å². The zero-order valence-corrected chi connectivity index (χ0v) is 16.3. The van der Waals surface area contributed by atoms with Crippen molar-refractivity contribution >= 4 is 19.9 Å². The van der Waals surface area contributed by atoms with E-state index < -0.39 is 30.9 Å². The molecule has 1 heterocycles. The number of ether oxygens (including phenoxy) is 2. The van der Waals surface area contributed by atoms with E-state index in [1.54, 1.807) is 0 Å². The molecule has 1 fully saturated rings. The minimum absolute atomic E-state index is 0.00198. The molecule has 0 atom stereocenters. The van der Waals surface area contributed by atoms with Crippen LogP contribution in [0.2, 0.25) is 0 Å². The van der Waals surface area contributed by atoms with Gasteiger partial charge in [0, 0.05) is 13.1 Å². The monoisotopic (exact) mass is 415 g/mol. The molecular formula is C17H18FNO6S2. The van der Waals surface area contributed by atoms with E-state index in [1.807, 2.05) is 0 Å². The first-order valence-electron chi connectivity index (χ1n) is 7.92. The summed E-state index contributed by atoms with van der Waals surface area (Å²) in [5.74, 6) is -0.208. The fraction of sp³-hybridized carbons (Fsp3) is 0.294. The summed E-state index contributed by atoms with van der Waals surface area (Å²) < 4.78 is 75.2. The van der Waals surface area contributed by atoms with Crippen molar-refractivity contribution in [2.45, 2.75) is 15.0 Å². The Balaban J connectivity index is 1.81. The Hall–Kier alpha value is -2.17. The van der Waals surface area contributed by atoms with Crippen LogP contribution in [0.3, 0.4) is 0 Å². The third kappa shape index (κ3) is 3.52. The minimum atomic E-state index is -4.07. The molecule has 0 spiro atoms. The molecule has 0 radical (unpaired) electrons. The number of hydrogen-bond acceptors (Lipinski definition) is 6. The first-order valence-corrected chi connectivity index (χ1v) is 10.9. The second-order valence-electron chi connectivity index (χ2n) is 5.96. The lowest BCUT2D eigenvalue weighted by molar-refractivity contribution is 0.307. The predicted octanol–water partition coefficient (Wildman–Crippen LogP) is 1.69. The topological polar surface area (TPSA) is 90.0 Å². The third-order valence-electron chi connectivity index (χ3n) is 4.38. The molecule has 1 aliphatic heterocycles. The Bertz CT molecular complexity index is 1050. The molecule has 146 valence electrons. The van der Waals surface area contributed by atoms with Gasteiger partial charge in [-0.2, -0.15) is 4.31 Å². The predicted molar refractivity (Wildman–Crippen MR) is 95.7 cm³/mol. The van der Waals surface area contributed by atoms with Crippen molar-refractivity contribution in [3.05, 3.63) is 48.3 Å². The SMILES string of the molecule is COc1ccc(S(=O)(=O)C2CN(S(=O)(=O)c3cc(F)ccc3OC)C2)cc1. The van der Waals surface area contributed by atoms with Crippen molar-refractivity contribution in [3.63, 3.8) is 0 Å². The van der Waals surface area contributed by atoms with Crippen LogP contribution in [0.5, 0.6) is 11.5 Å². The van der Waals surface area contributed by atoms with E-state index in [0.29, 0.717) is 5.75 Å². The molecule has 0 amide bonds. The van der Waals surface area contributed by atoms with Crippen LogP contribution < -0.4 is 9.47 Å². The number of nitrogens with zero attached hydrogens (tertiary/aromatic N) is 1. The van der Waals surface area contributed by atoms with Crippen molar-refractivity contribution in [1.82, 2.24) is 4.31 Å². The highest BCUT2D eigenvalue weighted by molar-refractivity contribution is 7.92. The smallest absolute Gasteiger partial charge is 0.246 e. The lowest BCUT2D eigenvalue weighted by Gasteiger charge is -2.37. The summed E-state index contributed by atoms with van der Waals surface area (Å²) in [6.45, 7) is -0.424. The normalized spacial score (nSPS) is 16.0. The molecule has 1 saturated heterocycles. The molecule has 0 N–H and O–H groups in total. The van der Waals surface area contributed by atoms with Gasteiger partial charge in [-0.3, -0.25) is 0 Å². The molecule has 0 aromatic heterocycles. The maximum Gasteiger partial charge on any atom is 0.246 e. The van der Waals surface area contributed by atoms with Crippen LogP contribution in [-0.2, 0) is 19.9 Å². The van der Waals surface area contributed by atoms with Crippen LogP contribution in [0.15, 0.2) is 52.3 Å². The van der Waals surface area contributed by atoms with Crippen LogP contribution >= 0.6 is 0 Å². The summed E-state index contributed by atoms with van der Waals surface area (Å²) in [7, 11) is -5.01. The Morgan fingerprint density at radius 3 is 2.15 bits per heavy atom. The third-order valence-corrected chi connectivity index (χ3v) is 8.34. The van der Waals surface area contributed by atoms with E-state index in [2.05, 4.69) is 0 Å². The van der Waals surface area contributed by atoms with Crippen molar-refractivity contribution in [1.29, 1.82) is 0 Å². The summed E-state index contributed by atoms with van der Waals surface area (Å²) in [4.78, 5) is -0.237. The fourth-order valence-corrected chi connectivity index (χ4v) is 6.28. The van der Waals surface area contributed by atoms with E-state index in [-0.39, 0.29) is 28.6 Å². The highest BCUT2D eigenvalue weighted by Crippen LogP contribution is 2.33. The number of benzene rings is 2. The first-order chi connectivity index (χ1) is 12.7. The number of methoxy groups -OCH3 is 2. The van der Waals surface area contributed by atoms with Crippen molar-refractivity contribution in [2.24, 2.45) is 0 Å². The molecule has 2 aromatic rings. The highest BCUT2D eigenvalue weighted by atomic mass is 32.2. The van der Waals surface area contributed by atoms with Crippen LogP contribution in [0.1, 0.15) is 0 Å². The highest BCUT2D eigenvalue weighted by Gasteiger charge is 2.45. The van der Waals surface area contributed by atoms with Crippen molar-refractivity contribution in [2.75, 3.05) is 27.3 Å². The second kappa shape index (κ2) is 7.10. The molecule has 0 saturated carbocycles. The van der Waals surface area contributed by atoms with E-state index >= 15 is 0 Å². The van der Waals surface area contributed by atoms with Gasteiger partial charge >= 0.3 is 0 Å². The van der Waals surface area contributed by atoms with Gasteiger partial charge in [0.05, 0.1) is 24.4 Å². The van der Waals surface area contributed by atoms with Gasteiger partial charge in [0.15, 0.2) is 9.84 Å². The van der Waals surface area contributed by atoms with E-state index in [4.69, 9.17) is 9.47 Å². The van der Waals surface area contributed by atoms with E-state index in [0.717, 1.165) is 16.4 Å². The number of rotatable bonds is 6. The Labute approximate surface area is 157 Å². The quantitative estimate of drug-likeness (QED) is 0.713. The lowest BCUT2D eigenvalue weighted by atomic mass is 10.3. The Morgan fingerprint density at radius 1 is 0.963 bits per heavy atom. The standard InChI is InChI=1S/C17H18FNO6S2/c1-24-13-4-6-14(7-5-13)26(20,21)15-10-19(11-15)27(22,23)17-9-12(18)3-8-16(17)25-2/h3-9,15H,10-11H2,1-2H3. The summed E-state index contributed by atoms with van der Waals surface area (Å²) in [6.07, 6.45) is 0.